The first-order chi connectivity index (χ1) is 4.97. The summed E-state index contributed by atoms with van der Waals surface area (Å²) in [4.78, 5) is 0. The first-order valence-corrected chi connectivity index (χ1v) is 4.45. The van der Waals surface area contributed by atoms with E-state index in [4.69, 9.17) is 10.3 Å². The Balaban J connectivity index is 0. The highest BCUT2D eigenvalue weighted by Gasteiger charge is 1.95. The predicted octanol–water partition coefficient (Wildman–Crippen LogP) is 0.191. The van der Waals surface area contributed by atoms with Gasteiger partial charge in [0.25, 0.3) is 10.1 Å². The molecule has 11 heavy (non-hydrogen) atoms. The molecule has 0 aliphatic rings. The van der Waals surface area contributed by atoms with Crippen LogP contribution in [0.5, 0.6) is 0 Å². The van der Waals surface area contributed by atoms with Crippen LogP contribution in [-0.2, 0) is 10.1 Å². The zero-order chi connectivity index (χ0) is 9.33. The fourth-order valence-corrected chi connectivity index (χ4v) is 0.447. The van der Waals surface area contributed by atoms with E-state index in [0.717, 1.165) is 6.08 Å². The van der Waals surface area contributed by atoms with Gasteiger partial charge < -0.3 is 5.73 Å². The highest BCUT2D eigenvalue weighted by Crippen LogP contribution is 1.78. The van der Waals surface area contributed by atoms with E-state index in [9.17, 15) is 8.42 Å². The Morgan fingerprint density at radius 2 is 1.73 bits per heavy atom. The van der Waals surface area contributed by atoms with Crippen molar-refractivity contribution in [3.8, 4) is 0 Å². The molecule has 0 spiro atoms. The lowest BCUT2D eigenvalue weighted by Gasteiger charge is -1.82. The van der Waals surface area contributed by atoms with Gasteiger partial charge in [0.05, 0.1) is 5.75 Å². The van der Waals surface area contributed by atoms with E-state index in [1.54, 1.807) is 6.08 Å². The lowest BCUT2D eigenvalue weighted by molar-refractivity contribution is 0.487. The maximum absolute atomic E-state index is 9.72. The van der Waals surface area contributed by atoms with E-state index < -0.39 is 10.1 Å². The molecule has 0 fully saturated rings. The minimum absolute atomic E-state index is 0.368. The van der Waals surface area contributed by atoms with Gasteiger partial charge in [0.15, 0.2) is 0 Å². The molecule has 5 heteroatoms. The molecule has 0 rings (SSSR count). The van der Waals surface area contributed by atoms with Crippen LogP contribution < -0.4 is 5.73 Å². The number of hydrogen-bond donors (Lipinski definition) is 2. The Morgan fingerprint density at radius 3 is 1.73 bits per heavy atom. The quantitative estimate of drug-likeness (QED) is 0.479. The van der Waals surface area contributed by atoms with Crippen LogP contribution >= 0.6 is 0 Å². The van der Waals surface area contributed by atoms with Crippen LogP contribution in [0.15, 0.2) is 25.3 Å². The second-order valence-electron chi connectivity index (χ2n) is 1.56. The van der Waals surface area contributed by atoms with E-state index >= 15 is 0 Å². The second kappa shape index (κ2) is 7.46. The van der Waals surface area contributed by atoms with Crippen molar-refractivity contribution < 1.29 is 13.0 Å². The summed E-state index contributed by atoms with van der Waals surface area (Å²) in [6.07, 6.45) is 2.77. The lowest BCUT2D eigenvalue weighted by Crippen LogP contribution is -1.99. The molecule has 0 aromatic heterocycles. The average molecular weight is 179 g/mol. The molecule has 0 aliphatic carbocycles. The van der Waals surface area contributed by atoms with Crippen molar-refractivity contribution in [2.24, 2.45) is 5.73 Å². The molecule has 0 aromatic carbocycles. The third-order valence-electron chi connectivity index (χ3n) is 0.495. The fraction of sp³-hybridized carbons (Fsp3) is 0.333. The van der Waals surface area contributed by atoms with Crippen LogP contribution in [0.25, 0.3) is 0 Å². The van der Waals surface area contributed by atoms with Crippen LogP contribution in [0.1, 0.15) is 0 Å². The van der Waals surface area contributed by atoms with Crippen molar-refractivity contribution in [2.45, 2.75) is 0 Å². The van der Waals surface area contributed by atoms with E-state index in [0.29, 0.717) is 6.54 Å². The van der Waals surface area contributed by atoms with Crippen LogP contribution in [-0.4, -0.2) is 25.3 Å². The van der Waals surface area contributed by atoms with Gasteiger partial charge in [0.1, 0.15) is 0 Å². The first kappa shape index (κ1) is 13.0. The summed E-state index contributed by atoms with van der Waals surface area (Å²) in [6.45, 7) is 7.04. The van der Waals surface area contributed by atoms with Gasteiger partial charge in [-0.05, 0) is 0 Å². The van der Waals surface area contributed by atoms with Gasteiger partial charge in [-0.25, -0.2) is 0 Å². The monoisotopic (exact) mass is 179 g/mol. The van der Waals surface area contributed by atoms with Gasteiger partial charge >= 0.3 is 0 Å². The SMILES string of the molecule is C=CCN.C=CCS(=O)(=O)O. The van der Waals surface area contributed by atoms with E-state index in [-0.39, 0.29) is 5.75 Å². The second-order valence-corrected chi connectivity index (χ2v) is 3.06. The third kappa shape index (κ3) is 26.7. The molecule has 0 bridgehead atoms. The fourth-order valence-electron chi connectivity index (χ4n) is 0.149. The standard InChI is InChI=1S/C3H7N.C3H6O3S/c1-2-3-4;1-2-3-7(4,5)6/h2H,1,3-4H2;2H,1,3H2,(H,4,5,6). The number of rotatable bonds is 3. The van der Waals surface area contributed by atoms with Gasteiger partial charge in [-0.15, -0.1) is 13.2 Å². The molecule has 3 N–H and O–H groups in total. The molecule has 0 aliphatic heterocycles. The van der Waals surface area contributed by atoms with Crippen molar-refractivity contribution in [1.29, 1.82) is 0 Å². The van der Waals surface area contributed by atoms with Crippen molar-refractivity contribution in [2.75, 3.05) is 12.3 Å². The molecule has 66 valence electrons. The minimum atomic E-state index is -3.79. The summed E-state index contributed by atoms with van der Waals surface area (Å²) in [5.41, 5.74) is 4.91. The molecule has 0 heterocycles. The molecular weight excluding hydrogens is 166 g/mol. The molecule has 0 saturated carbocycles. The average Bonchev–Trinajstić information content (AvgIpc) is 1.86. The maximum atomic E-state index is 9.72. The molecule has 0 aromatic rings. The van der Waals surface area contributed by atoms with Crippen molar-refractivity contribution >= 4 is 10.1 Å². The van der Waals surface area contributed by atoms with E-state index in [2.05, 4.69) is 13.2 Å². The molecule has 0 atom stereocenters. The van der Waals surface area contributed by atoms with E-state index in [1.165, 1.54) is 0 Å². The summed E-state index contributed by atoms with van der Waals surface area (Å²) in [7, 11) is -3.79. The third-order valence-corrected chi connectivity index (χ3v) is 1.15. The number of nitrogens with two attached hydrogens (primary N) is 1. The molecule has 0 amide bonds. The Labute approximate surface area is 67.2 Å². The molecule has 4 nitrogen and oxygen atoms in total. The Kier molecular flexibility index (Phi) is 8.80. The molecule has 0 saturated heterocycles. The highest BCUT2D eigenvalue weighted by atomic mass is 32.2. The normalized spacial score (nSPS) is 9.27. The summed E-state index contributed by atoms with van der Waals surface area (Å²) >= 11 is 0. The minimum Gasteiger partial charge on any atom is -0.327 e. The smallest absolute Gasteiger partial charge is 0.268 e. The number of hydrogen-bond acceptors (Lipinski definition) is 3. The van der Waals surface area contributed by atoms with Gasteiger partial charge in [-0.2, -0.15) is 8.42 Å². The summed E-state index contributed by atoms with van der Waals surface area (Å²) in [5.74, 6) is -0.368. The van der Waals surface area contributed by atoms with Gasteiger partial charge in [-0.1, -0.05) is 12.2 Å². The lowest BCUT2D eigenvalue weighted by atomic mass is 10.7. The van der Waals surface area contributed by atoms with Crippen LogP contribution in [0.3, 0.4) is 0 Å². The molecular formula is C6H13NO3S. The van der Waals surface area contributed by atoms with Gasteiger partial charge in [0, 0.05) is 6.54 Å². The van der Waals surface area contributed by atoms with Gasteiger partial charge in [0.2, 0.25) is 0 Å². The topological polar surface area (TPSA) is 80.4 Å². The summed E-state index contributed by atoms with van der Waals surface area (Å²) in [5, 5.41) is 0. The van der Waals surface area contributed by atoms with Crippen molar-refractivity contribution in [3.05, 3.63) is 25.3 Å². The van der Waals surface area contributed by atoms with Crippen LogP contribution in [0.4, 0.5) is 0 Å². The highest BCUT2D eigenvalue weighted by molar-refractivity contribution is 7.85. The Hall–Kier alpha value is -0.650. The molecule has 0 radical (unpaired) electrons. The first-order valence-electron chi connectivity index (χ1n) is 2.85. The zero-order valence-corrected chi connectivity index (χ0v) is 7.05. The zero-order valence-electron chi connectivity index (χ0n) is 6.23. The van der Waals surface area contributed by atoms with Crippen LogP contribution in [0, 0.1) is 0 Å². The van der Waals surface area contributed by atoms with Crippen molar-refractivity contribution in [1.82, 2.24) is 0 Å². The summed E-state index contributed by atoms with van der Waals surface area (Å²) < 4.78 is 27.3. The predicted molar refractivity (Wildman–Crippen MR) is 45.9 cm³/mol. The van der Waals surface area contributed by atoms with Crippen molar-refractivity contribution in [3.63, 3.8) is 0 Å². The van der Waals surface area contributed by atoms with E-state index in [1.807, 2.05) is 0 Å². The summed E-state index contributed by atoms with van der Waals surface area (Å²) in [6, 6.07) is 0. The molecule has 0 unspecified atom stereocenters. The van der Waals surface area contributed by atoms with Gasteiger partial charge in [-0.3, -0.25) is 4.55 Å². The maximum Gasteiger partial charge on any atom is 0.268 e. The Bertz CT molecular complexity index is 196. The Morgan fingerprint density at radius 1 is 1.36 bits per heavy atom. The largest absolute Gasteiger partial charge is 0.327 e. The van der Waals surface area contributed by atoms with Crippen LogP contribution in [0.2, 0.25) is 0 Å².